The van der Waals surface area contributed by atoms with Crippen molar-refractivity contribution >= 4 is 0 Å². The molecule has 0 aromatic carbocycles. The minimum absolute atomic E-state index is 0.569. The van der Waals surface area contributed by atoms with Crippen molar-refractivity contribution in [3.8, 4) is 0 Å². The van der Waals surface area contributed by atoms with Crippen LogP contribution in [0.4, 0.5) is 0 Å². The molecule has 0 aliphatic rings. The number of hydrogen-bond acceptors (Lipinski definition) is 3. The van der Waals surface area contributed by atoms with Gasteiger partial charge in [0.1, 0.15) is 0 Å². The van der Waals surface area contributed by atoms with Crippen LogP contribution in [0.25, 0.3) is 0 Å². The zero-order chi connectivity index (χ0) is 10.4. The molecule has 1 aromatic heterocycles. The molecule has 0 spiro atoms. The molecule has 0 fully saturated rings. The van der Waals surface area contributed by atoms with E-state index in [9.17, 15) is 0 Å². The van der Waals surface area contributed by atoms with Gasteiger partial charge in [0.25, 0.3) is 0 Å². The molecule has 0 unspecified atom stereocenters. The lowest BCUT2D eigenvalue weighted by Gasteiger charge is -2.17. The van der Waals surface area contributed by atoms with E-state index in [-0.39, 0.29) is 0 Å². The van der Waals surface area contributed by atoms with Crippen molar-refractivity contribution in [2.24, 2.45) is 5.73 Å². The van der Waals surface area contributed by atoms with Gasteiger partial charge in [-0.2, -0.15) is 0 Å². The van der Waals surface area contributed by atoms with Crippen LogP contribution in [0.2, 0.25) is 0 Å². The van der Waals surface area contributed by atoms with Crippen LogP contribution in [-0.4, -0.2) is 23.0 Å². The highest BCUT2D eigenvalue weighted by atomic mass is 15.1. The summed E-state index contributed by atoms with van der Waals surface area (Å²) in [5.41, 5.74) is 7.91. The summed E-state index contributed by atoms with van der Waals surface area (Å²) in [6, 6.07) is 2.13. The van der Waals surface area contributed by atoms with Gasteiger partial charge < -0.3 is 5.73 Å². The van der Waals surface area contributed by atoms with Crippen LogP contribution in [0.3, 0.4) is 0 Å². The lowest BCUT2D eigenvalue weighted by Crippen LogP contribution is -2.22. The topological polar surface area (TPSA) is 42.2 Å². The Morgan fingerprint density at radius 1 is 1.21 bits per heavy atom. The molecular weight excluding hydrogens is 174 g/mol. The van der Waals surface area contributed by atoms with Gasteiger partial charge in [-0.1, -0.05) is 19.9 Å². The molecular formula is C11H19N3. The molecule has 3 heteroatoms. The molecule has 0 aliphatic carbocycles. The Kier molecular flexibility index (Phi) is 4.56. The van der Waals surface area contributed by atoms with Crippen molar-refractivity contribution in [1.82, 2.24) is 9.88 Å². The van der Waals surface area contributed by atoms with Crippen LogP contribution in [0.5, 0.6) is 0 Å². The van der Waals surface area contributed by atoms with E-state index in [1.165, 1.54) is 5.56 Å². The summed E-state index contributed by atoms with van der Waals surface area (Å²) in [6.45, 7) is 8.02. The van der Waals surface area contributed by atoms with Crippen LogP contribution in [0.15, 0.2) is 18.5 Å². The summed E-state index contributed by atoms with van der Waals surface area (Å²) in [7, 11) is 0. The third-order valence-corrected chi connectivity index (χ3v) is 2.39. The average Bonchev–Trinajstić information content (AvgIpc) is 2.26. The zero-order valence-corrected chi connectivity index (χ0v) is 9.03. The Balaban J connectivity index is 2.65. The third kappa shape index (κ3) is 3.09. The van der Waals surface area contributed by atoms with E-state index in [1.54, 1.807) is 0 Å². The molecule has 0 bridgehead atoms. The van der Waals surface area contributed by atoms with Gasteiger partial charge in [0.15, 0.2) is 0 Å². The fourth-order valence-corrected chi connectivity index (χ4v) is 1.44. The van der Waals surface area contributed by atoms with E-state index in [2.05, 4.69) is 29.8 Å². The number of aromatic nitrogens is 1. The van der Waals surface area contributed by atoms with E-state index < -0.39 is 0 Å². The third-order valence-electron chi connectivity index (χ3n) is 2.39. The number of nitrogens with two attached hydrogens (primary N) is 1. The van der Waals surface area contributed by atoms with Crippen LogP contribution in [0.1, 0.15) is 25.0 Å². The second-order valence-electron chi connectivity index (χ2n) is 3.37. The zero-order valence-electron chi connectivity index (χ0n) is 9.03. The highest BCUT2D eigenvalue weighted by Crippen LogP contribution is 2.05. The number of pyridine rings is 1. The van der Waals surface area contributed by atoms with Crippen LogP contribution in [0, 0.1) is 0 Å². The summed E-state index contributed by atoms with van der Waals surface area (Å²) < 4.78 is 0. The molecule has 0 radical (unpaired) electrons. The molecule has 3 nitrogen and oxygen atoms in total. The van der Waals surface area contributed by atoms with Crippen LogP contribution in [-0.2, 0) is 13.1 Å². The Morgan fingerprint density at radius 2 is 1.86 bits per heavy atom. The first-order valence-corrected chi connectivity index (χ1v) is 5.15. The Labute approximate surface area is 85.9 Å². The summed E-state index contributed by atoms with van der Waals surface area (Å²) >= 11 is 0. The fraction of sp³-hybridized carbons (Fsp3) is 0.545. The molecule has 2 N–H and O–H groups in total. The molecule has 1 rings (SSSR count). The number of rotatable bonds is 5. The molecule has 0 saturated heterocycles. The monoisotopic (exact) mass is 193 g/mol. The largest absolute Gasteiger partial charge is 0.326 e. The maximum absolute atomic E-state index is 5.56. The molecule has 0 amide bonds. The first kappa shape index (κ1) is 11.1. The maximum Gasteiger partial charge on any atom is 0.0313 e. The van der Waals surface area contributed by atoms with E-state index in [4.69, 9.17) is 5.73 Å². The first-order chi connectivity index (χ1) is 6.80. The Morgan fingerprint density at radius 3 is 2.43 bits per heavy atom. The van der Waals surface area contributed by atoms with E-state index in [1.807, 2.05) is 12.4 Å². The molecule has 0 atom stereocenters. The normalized spacial score (nSPS) is 10.9. The van der Waals surface area contributed by atoms with E-state index >= 15 is 0 Å². The lowest BCUT2D eigenvalue weighted by atomic mass is 10.2. The number of nitrogens with zero attached hydrogens (tertiary/aromatic N) is 2. The second-order valence-corrected chi connectivity index (χ2v) is 3.37. The van der Waals surface area contributed by atoms with Crippen molar-refractivity contribution in [3.05, 3.63) is 29.6 Å². The van der Waals surface area contributed by atoms with Crippen molar-refractivity contribution in [3.63, 3.8) is 0 Å². The van der Waals surface area contributed by atoms with Crippen molar-refractivity contribution < 1.29 is 0 Å². The summed E-state index contributed by atoms with van der Waals surface area (Å²) in [4.78, 5) is 6.53. The molecule has 1 aromatic rings. The minimum Gasteiger partial charge on any atom is -0.326 e. The fourth-order valence-electron chi connectivity index (χ4n) is 1.44. The lowest BCUT2D eigenvalue weighted by molar-refractivity contribution is 0.295. The highest BCUT2D eigenvalue weighted by Gasteiger charge is 2.01. The molecule has 78 valence electrons. The highest BCUT2D eigenvalue weighted by molar-refractivity contribution is 5.17. The molecule has 1 heterocycles. The quantitative estimate of drug-likeness (QED) is 0.768. The molecule has 14 heavy (non-hydrogen) atoms. The van der Waals surface area contributed by atoms with E-state index in [0.717, 1.165) is 25.2 Å². The van der Waals surface area contributed by atoms with Gasteiger partial charge in [0.2, 0.25) is 0 Å². The van der Waals surface area contributed by atoms with Gasteiger partial charge in [-0.15, -0.1) is 0 Å². The van der Waals surface area contributed by atoms with Gasteiger partial charge in [-0.05, 0) is 24.2 Å². The Hall–Kier alpha value is -0.930. The van der Waals surface area contributed by atoms with Crippen LogP contribution < -0.4 is 5.73 Å². The second kappa shape index (κ2) is 5.73. The van der Waals surface area contributed by atoms with Gasteiger partial charge in [-0.3, -0.25) is 9.88 Å². The van der Waals surface area contributed by atoms with Gasteiger partial charge in [0.05, 0.1) is 0 Å². The van der Waals surface area contributed by atoms with Gasteiger partial charge in [0, 0.05) is 25.5 Å². The van der Waals surface area contributed by atoms with Crippen molar-refractivity contribution in [2.45, 2.75) is 26.9 Å². The van der Waals surface area contributed by atoms with Gasteiger partial charge >= 0.3 is 0 Å². The average molecular weight is 193 g/mol. The van der Waals surface area contributed by atoms with Crippen LogP contribution >= 0.6 is 0 Å². The first-order valence-electron chi connectivity index (χ1n) is 5.15. The summed E-state index contributed by atoms with van der Waals surface area (Å²) in [6.07, 6.45) is 3.74. The summed E-state index contributed by atoms with van der Waals surface area (Å²) in [5.74, 6) is 0. The number of hydrogen-bond donors (Lipinski definition) is 1. The predicted octanol–water partition coefficient (Wildman–Crippen LogP) is 1.38. The Bertz CT molecular complexity index is 269. The van der Waals surface area contributed by atoms with Crippen molar-refractivity contribution in [1.29, 1.82) is 0 Å². The van der Waals surface area contributed by atoms with Gasteiger partial charge in [-0.25, -0.2) is 0 Å². The molecule has 0 saturated carbocycles. The SMILES string of the molecule is CCN(CC)Cc1cncc(CN)c1. The smallest absolute Gasteiger partial charge is 0.0313 e. The van der Waals surface area contributed by atoms with E-state index in [0.29, 0.717) is 6.54 Å². The van der Waals surface area contributed by atoms with Crippen molar-refractivity contribution in [2.75, 3.05) is 13.1 Å². The summed E-state index contributed by atoms with van der Waals surface area (Å²) in [5, 5.41) is 0. The maximum atomic E-state index is 5.56. The predicted molar refractivity (Wildman–Crippen MR) is 58.8 cm³/mol. The molecule has 0 aliphatic heterocycles. The minimum atomic E-state index is 0.569. The standard InChI is InChI=1S/C11H19N3/c1-3-14(4-2)9-11-5-10(6-12)7-13-8-11/h5,7-8H,3-4,6,9,12H2,1-2H3.